The van der Waals surface area contributed by atoms with Gasteiger partial charge in [-0.1, -0.05) is 6.07 Å². The third-order valence-electron chi connectivity index (χ3n) is 2.46. The van der Waals surface area contributed by atoms with Crippen molar-refractivity contribution in [2.24, 2.45) is 5.84 Å². The second-order valence-electron chi connectivity index (χ2n) is 5.56. The van der Waals surface area contributed by atoms with Gasteiger partial charge in [0.05, 0.1) is 0 Å². The van der Waals surface area contributed by atoms with Crippen LogP contribution in [0.5, 0.6) is 0 Å². The summed E-state index contributed by atoms with van der Waals surface area (Å²) in [6, 6.07) is 5.42. The Balaban J connectivity index is 0.000000276. The van der Waals surface area contributed by atoms with Crippen LogP contribution in [0.2, 0.25) is 0 Å². The van der Waals surface area contributed by atoms with Crippen molar-refractivity contribution < 1.29 is 9.53 Å². The van der Waals surface area contributed by atoms with Gasteiger partial charge in [-0.05, 0) is 32.9 Å². The minimum atomic E-state index is -0.435. The van der Waals surface area contributed by atoms with Crippen LogP contribution in [-0.2, 0) is 9.53 Å². The van der Waals surface area contributed by atoms with E-state index in [9.17, 15) is 4.79 Å². The SMILES string of the molecule is CC(C)(C)OC(=O)[C@H]1CN(N)CCN1.c1ccncc1. The van der Waals surface area contributed by atoms with Crippen molar-refractivity contribution in [3.8, 4) is 0 Å². The van der Waals surface area contributed by atoms with E-state index in [-0.39, 0.29) is 12.0 Å². The maximum Gasteiger partial charge on any atom is 0.325 e. The number of nitrogens with two attached hydrogens (primary N) is 1. The number of nitrogens with one attached hydrogen (secondary N) is 1. The van der Waals surface area contributed by atoms with Gasteiger partial charge in [-0.25, -0.2) is 5.01 Å². The quantitative estimate of drug-likeness (QED) is 0.578. The Kier molecular flexibility index (Phi) is 6.57. The van der Waals surface area contributed by atoms with E-state index in [1.54, 1.807) is 17.4 Å². The predicted molar refractivity (Wildman–Crippen MR) is 77.6 cm³/mol. The normalized spacial score (nSPS) is 19.7. The molecule has 0 unspecified atom stereocenters. The van der Waals surface area contributed by atoms with Gasteiger partial charge in [-0.3, -0.25) is 15.6 Å². The first-order chi connectivity index (χ1) is 9.38. The molecule has 6 heteroatoms. The molecule has 1 aromatic rings. The zero-order chi connectivity index (χ0) is 15.0. The van der Waals surface area contributed by atoms with E-state index in [2.05, 4.69) is 10.3 Å². The summed E-state index contributed by atoms with van der Waals surface area (Å²) in [7, 11) is 0. The zero-order valence-corrected chi connectivity index (χ0v) is 12.4. The van der Waals surface area contributed by atoms with Gasteiger partial charge in [-0.15, -0.1) is 0 Å². The van der Waals surface area contributed by atoms with E-state index in [0.717, 1.165) is 13.1 Å². The third-order valence-corrected chi connectivity index (χ3v) is 2.46. The lowest BCUT2D eigenvalue weighted by atomic mass is 10.1. The van der Waals surface area contributed by atoms with Gasteiger partial charge in [-0.2, -0.15) is 0 Å². The Hall–Kier alpha value is -1.50. The monoisotopic (exact) mass is 280 g/mol. The fourth-order valence-electron chi connectivity index (χ4n) is 1.62. The van der Waals surface area contributed by atoms with Crippen molar-refractivity contribution in [3.63, 3.8) is 0 Å². The number of carbonyl (C=O) groups is 1. The minimum Gasteiger partial charge on any atom is -0.459 e. The highest BCUT2D eigenvalue weighted by molar-refractivity contribution is 5.76. The lowest BCUT2D eigenvalue weighted by Gasteiger charge is -2.31. The number of hydrogen-bond donors (Lipinski definition) is 2. The molecule has 2 heterocycles. The molecule has 0 amide bonds. The molecular formula is C14H24N4O2. The molecule has 1 fully saturated rings. The van der Waals surface area contributed by atoms with Crippen LogP contribution < -0.4 is 11.2 Å². The van der Waals surface area contributed by atoms with Crippen LogP contribution in [0.1, 0.15) is 20.8 Å². The van der Waals surface area contributed by atoms with Gasteiger partial charge in [0.25, 0.3) is 0 Å². The summed E-state index contributed by atoms with van der Waals surface area (Å²) in [5.74, 6) is 5.38. The van der Waals surface area contributed by atoms with Crippen LogP contribution in [0.25, 0.3) is 0 Å². The molecule has 3 N–H and O–H groups in total. The van der Waals surface area contributed by atoms with Crippen LogP contribution in [0, 0.1) is 0 Å². The van der Waals surface area contributed by atoms with Crippen LogP contribution in [0.3, 0.4) is 0 Å². The smallest absolute Gasteiger partial charge is 0.325 e. The Bertz CT molecular complexity index is 365. The number of pyridine rings is 1. The van der Waals surface area contributed by atoms with E-state index in [0.29, 0.717) is 6.54 Å². The zero-order valence-electron chi connectivity index (χ0n) is 12.4. The summed E-state index contributed by atoms with van der Waals surface area (Å²) in [5, 5.41) is 4.71. The molecule has 0 aromatic carbocycles. The number of hydrogen-bond acceptors (Lipinski definition) is 6. The first kappa shape index (κ1) is 16.6. The lowest BCUT2D eigenvalue weighted by Crippen LogP contribution is -2.57. The number of rotatable bonds is 1. The minimum absolute atomic E-state index is 0.229. The molecule has 0 saturated carbocycles. The summed E-state index contributed by atoms with van der Waals surface area (Å²) in [5.41, 5.74) is -0.435. The summed E-state index contributed by atoms with van der Waals surface area (Å²) in [6.07, 6.45) is 3.50. The first-order valence-corrected chi connectivity index (χ1v) is 6.69. The largest absolute Gasteiger partial charge is 0.459 e. The molecular weight excluding hydrogens is 256 g/mol. The summed E-state index contributed by atoms with van der Waals surface area (Å²) in [6.45, 7) is 7.56. The fraction of sp³-hybridized carbons (Fsp3) is 0.571. The highest BCUT2D eigenvalue weighted by Gasteiger charge is 2.28. The molecule has 0 radical (unpaired) electrons. The molecule has 20 heavy (non-hydrogen) atoms. The van der Waals surface area contributed by atoms with Gasteiger partial charge in [0, 0.05) is 32.0 Å². The first-order valence-electron chi connectivity index (χ1n) is 6.69. The van der Waals surface area contributed by atoms with Crippen molar-refractivity contribution in [3.05, 3.63) is 30.6 Å². The maximum atomic E-state index is 11.6. The fourth-order valence-corrected chi connectivity index (χ4v) is 1.62. The van der Waals surface area contributed by atoms with Crippen molar-refractivity contribution in [1.82, 2.24) is 15.3 Å². The maximum absolute atomic E-state index is 11.6. The number of aromatic nitrogens is 1. The average molecular weight is 280 g/mol. The van der Waals surface area contributed by atoms with Gasteiger partial charge < -0.3 is 10.1 Å². The van der Waals surface area contributed by atoms with Crippen molar-refractivity contribution in [1.29, 1.82) is 0 Å². The Morgan fingerprint density at radius 2 is 2.00 bits per heavy atom. The Morgan fingerprint density at radius 3 is 2.40 bits per heavy atom. The molecule has 0 bridgehead atoms. The van der Waals surface area contributed by atoms with Crippen molar-refractivity contribution in [2.75, 3.05) is 19.6 Å². The molecule has 112 valence electrons. The molecule has 2 rings (SSSR count). The summed E-state index contributed by atoms with van der Waals surface area (Å²) in [4.78, 5) is 15.4. The van der Waals surface area contributed by atoms with E-state index in [1.807, 2.05) is 39.0 Å². The number of hydrazine groups is 1. The van der Waals surface area contributed by atoms with Crippen molar-refractivity contribution >= 4 is 5.97 Å². The second kappa shape index (κ2) is 7.94. The molecule has 0 aliphatic carbocycles. The molecule has 1 aromatic heterocycles. The third kappa shape index (κ3) is 7.18. The van der Waals surface area contributed by atoms with E-state index in [1.165, 1.54) is 0 Å². The van der Waals surface area contributed by atoms with E-state index in [4.69, 9.17) is 10.6 Å². The van der Waals surface area contributed by atoms with Crippen LogP contribution in [0.4, 0.5) is 0 Å². The van der Waals surface area contributed by atoms with Gasteiger partial charge in [0.1, 0.15) is 11.6 Å². The summed E-state index contributed by atoms with van der Waals surface area (Å²) < 4.78 is 5.24. The van der Waals surface area contributed by atoms with Gasteiger partial charge >= 0.3 is 5.97 Å². The molecule has 1 aliphatic rings. The van der Waals surface area contributed by atoms with Gasteiger partial charge in [0.2, 0.25) is 0 Å². The van der Waals surface area contributed by atoms with Crippen LogP contribution >= 0.6 is 0 Å². The van der Waals surface area contributed by atoms with Gasteiger partial charge in [0.15, 0.2) is 0 Å². The summed E-state index contributed by atoms with van der Waals surface area (Å²) >= 11 is 0. The molecule has 1 atom stereocenters. The number of carbonyl (C=O) groups excluding carboxylic acids is 1. The highest BCUT2D eigenvalue weighted by atomic mass is 16.6. The number of ether oxygens (including phenoxy) is 1. The molecule has 0 spiro atoms. The standard InChI is InChI=1S/C9H19N3O2.C5H5N/c1-9(2,3)14-8(13)7-6-12(10)5-4-11-7;1-2-4-6-5-3-1/h7,11H,4-6,10H2,1-3H3;1-5H/t7-;/m1./s1. The number of esters is 1. The van der Waals surface area contributed by atoms with E-state index < -0.39 is 5.60 Å². The van der Waals surface area contributed by atoms with Crippen molar-refractivity contribution in [2.45, 2.75) is 32.4 Å². The Labute approximate surface area is 120 Å². The van der Waals surface area contributed by atoms with Crippen LogP contribution in [-0.4, -0.2) is 47.2 Å². The average Bonchev–Trinajstić information content (AvgIpc) is 2.39. The van der Waals surface area contributed by atoms with E-state index >= 15 is 0 Å². The number of nitrogens with zero attached hydrogens (tertiary/aromatic N) is 2. The molecule has 6 nitrogen and oxygen atoms in total. The molecule has 1 aliphatic heterocycles. The lowest BCUT2D eigenvalue weighted by molar-refractivity contribution is -0.158. The molecule has 1 saturated heterocycles. The second-order valence-corrected chi connectivity index (χ2v) is 5.56. The predicted octanol–water partition coefficient (Wildman–Crippen LogP) is 0.557. The number of piperazine rings is 1. The van der Waals surface area contributed by atoms with Crippen LogP contribution in [0.15, 0.2) is 30.6 Å². The topological polar surface area (TPSA) is 80.5 Å². The Morgan fingerprint density at radius 1 is 1.35 bits per heavy atom. The highest BCUT2D eigenvalue weighted by Crippen LogP contribution is 2.09.